The molecule has 2 heterocycles. The van der Waals surface area contributed by atoms with Gasteiger partial charge in [0.1, 0.15) is 0 Å². The lowest BCUT2D eigenvalue weighted by molar-refractivity contribution is -0.0589. The Labute approximate surface area is 78.7 Å². The Balaban J connectivity index is 2.31. The van der Waals surface area contributed by atoms with Crippen LogP contribution in [0.5, 0.6) is 0 Å². The summed E-state index contributed by atoms with van der Waals surface area (Å²) in [5.41, 5.74) is -0.432. The molecule has 2 bridgehead atoms. The van der Waals surface area contributed by atoms with E-state index in [0.717, 1.165) is 12.8 Å². The van der Waals surface area contributed by atoms with Crippen LogP contribution >= 0.6 is 0 Å². The Morgan fingerprint density at radius 1 is 1.38 bits per heavy atom. The van der Waals surface area contributed by atoms with Crippen molar-refractivity contribution in [1.82, 2.24) is 0 Å². The van der Waals surface area contributed by atoms with E-state index in [-0.39, 0.29) is 30.7 Å². The maximum Gasteiger partial charge on any atom is 0.0972 e. The van der Waals surface area contributed by atoms with Gasteiger partial charge in [-0.05, 0) is 18.3 Å². The van der Waals surface area contributed by atoms with Gasteiger partial charge in [0.05, 0.1) is 18.3 Å². The third-order valence-corrected chi connectivity index (χ3v) is 4.02. The minimum Gasteiger partial charge on any atom is -0.396 e. The van der Waals surface area contributed by atoms with Gasteiger partial charge in [0.15, 0.2) is 0 Å². The number of hydrogen-bond acceptors (Lipinski definition) is 3. The van der Waals surface area contributed by atoms with E-state index >= 15 is 0 Å². The second-order valence-electron chi connectivity index (χ2n) is 4.92. The van der Waals surface area contributed by atoms with E-state index in [1.165, 1.54) is 0 Å². The molecule has 0 aliphatic carbocycles. The van der Waals surface area contributed by atoms with Crippen LogP contribution in [-0.2, 0) is 4.74 Å². The SMILES string of the molecule is CC1(C)[C@H]2CCC(CO)(O2)[C@@H]1CO. The van der Waals surface area contributed by atoms with Gasteiger partial charge in [-0.15, -0.1) is 0 Å². The van der Waals surface area contributed by atoms with Gasteiger partial charge in [0.25, 0.3) is 0 Å². The van der Waals surface area contributed by atoms with E-state index in [1.54, 1.807) is 0 Å². The third-order valence-electron chi connectivity index (χ3n) is 4.02. The van der Waals surface area contributed by atoms with Crippen LogP contribution in [0.4, 0.5) is 0 Å². The lowest BCUT2D eigenvalue weighted by atomic mass is 9.64. The van der Waals surface area contributed by atoms with E-state index < -0.39 is 5.60 Å². The molecule has 76 valence electrons. The fourth-order valence-electron chi connectivity index (χ4n) is 3.09. The fraction of sp³-hybridized carbons (Fsp3) is 1.00. The molecular weight excluding hydrogens is 168 g/mol. The Morgan fingerprint density at radius 2 is 2.08 bits per heavy atom. The molecule has 13 heavy (non-hydrogen) atoms. The van der Waals surface area contributed by atoms with Crippen molar-refractivity contribution in [2.24, 2.45) is 11.3 Å². The number of aliphatic hydroxyl groups is 2. The van der Waals surface area contributed by atoms with Crippen molar-refractivity contribution < 1.29 is 14.9 Å². The van der Waals surface area contributed by atoms with Crippen LogP contribution < -0.4 is 0 Å². The van der Waals surface area contributed by atoms with Gasteiger partial charge in [-0.2, -0.15) is 0 Å². The second kappa shape index (κ2) is 2.69. The molecule has 0 spiro atoms. The largest absolute Gasteiger partial charge is 0.396 e. The van der Waals surface area contributed by atoms with E-state index in [2.05, 4.69) is 13.8 Å². The average Bonchev–Trinajstić information content (AvgIpc) is 2.58. The van der Waals surface area contributed by atoms with Gasteiger partial charge in [0.2, 0.25) is 0 Å². The van der Waals surface area contributed by atoms with Crippen LogP contribution in [-0.4, -0.2) is 35.1 Å². The topological polar surface area (TPSA) is 49.7 Å². The Kier molecular flexibility index (Phi) is 1.95. The third kappa shape index (κ3) is 1.01. The standard InChI is InChI=1S/C10H18O3/c1-9(2)7(5-11)10(6-12)4-3-8(9)13-10/h7-8,11-12H,3-6H2,1-2H3/t7-,8-,10?/m1/s1. The molecule has 0 aromatic carbocycles. The molecule has 0 radical (unpaired) electrons. The minimum absolute atomic E-state index is 0.00965. The van der Waals surface area contributed by atoms with E-state index in [4.69, 9.17) is 4.74 Å². The maximum atomic E-state index is 9.34. The summed E-state index contributed by atoms with van der Waals surface area (Å²) in [5, 5.41) is 18.7. The van der Waals surface area contributed by atoms with E-state index in [0.29, 0.717) is 0 Å². The summed E-state index contributed by atoms with van der Waals surface area (Å²) in [6.07, 6.45) is 2.13. The minimum atomic E-state index is -0.442. The monoisotopic (exact) mass is 186 g/mol. The average molecular weight is 186 g/mol. The van der Waals surface area contributed by atoms with Crippen LogP contribution in [0.15, 0.2) is 0 Å². The quantitative estimate of drug-likeness (QED) is 0.662. The summed E-state index contributed by atoms with van der Waals surface area (Å²) in [7, 11) is 0. The van der Waals surface area contributed by atoms with Gasteiger partial charge >= 0.3 is 0 Å². The van der Waals surface area contributed by atoms with Crippen molar-refractivity contribution in [3.63, 3.8) is 0 Å². The number of fused-ring (bicyclic) bond motifs is 2. The lowest BCUT2D eigenvalue weighted by Crippen LogP contribution is -2.46. The molecule has 2 N–H and O–H groups in total. The fourth-order valence-corrected chi connectivity index (χ4v) is 3.09. The Hall–Kier alpha value is -0.120. The molecule has 3 nitrogen and oxygen atoms in total. The van der Waals surface area contributed by atoms with Crippen molar-refractivity contribution in [2.45, 2.75) is 38.4 Å². The van der Waals surface area contributed by atoms with E-state index in [9.17, 15) is 10.2 Å². The number of hydrogen-bond donors (Lipinski definition) is 2. The molecule has 0 amide bonds. The number of aliphatic hydroxyl groups excluding tert-OH is 2. The number of rotatable bonds is 2. The zero-order valence-electron chi connectivity index (χ0n) is 8.29. The van der Waals surface area contributed by atoms with Crippen molar-refractivity contribution in [3.05, 3.63) is 0 Å². The van der Waals surface area contributed by atoms with Crippen molar-refractivity contribution >= 4 is 0 Å². The zero-order valence-corrected chi connectivity index (χ0v) is 8.29. The Morgan fingerprint density at radius 3 is 2.54 bits per heavy atom. The molecule has 3 atom stereocenters. The highest BCUT2D eigenvalue weighted by atomic mass is 16.5. The normalized spacial score (nSPS) is 47.1. The summed E-state index contributed by atoms with van der Waals surface area (Å²) in [6.45, 7) is 4.40. The van der Waals surface area contributed by atoms with Crippen LogP contribution in [0, 0.1) is 11.3 Å². The number of ether oxygens (including phenoxy) is 1. The molecule has 2 aliphatic rings. The molecule has 2 fully saturated rings. The Bertz CT molecular complexity index is 214. The summed E-state index contributed by atoms with van der Waals surface area (Å²) in [5.74, 6) is 0.0868. The van der Waals surface area contributed by atoms with Crippen LogP contribution in [0.25, 0.3) is 0 Å². The van der Waals surface area contributed by atoms with Gasteiger partial charge in [-0.1, -0.05) is 13.8 Å². The molecular formula is C10H18O3. The molecule has 0 aromatic heterocycles. The lowest BCUT2D eigenvalue weighted by Gasteiger charge is -2.38. The smallest absolute Gasteiger partial charge is 0.0972 e. The highest BCUT2D eigenvalue weighted by molar-refractivity contribution is 5.10. The first-order valence-corrected chi connectivity index (χ1v) is 4.96. The van der Waals surface area contributed by atoms with Crippen LogP contribution in [0.3, 0.4) is 0 Å². The predicted octanol–water partition coefficient (Wildman–Crippen LogP) is 0.545. The van der Waals surface area contributed by atoms with Crippen LogP contribution in [0.1, 0.15) is 26.7 Å². The summed E-state index contributed by atoms with van der Waals surface area (Å²) in [6, 6.07) is 0. The molecule has 2 rings (SSSR count). The highest BCUT2D eigenvalue weighted by Gasteiger charge is 2.62. The van der Waals surface area contributed by atoms with Crippen molar-refractivity contribution in [2.75, 3.05) is 13.2 Å². The predicted molar refractivity (Wildman–Crippen MR) is 48.3 cm³/mol. The first-order chi connectivity index (χ1) is 6.07. The van der Waals surface area contributed by atoms with Crippen LogP contribution in [0.2, 0.25) is 0 Å². The van der Waals surface area contributed by atoms with Gasteiger partial charge < -0.3 is 14.9 Å². The van der Waals surface area contributed by atoms with Gasteiger partial charge in [0, 0.05) is 12.5 Å². The van der Waals surface area contributed by atoms with Crippen molar-refractivity contribution in [1.29, 1.82) is 0 Å². The molecule has 0 saturated carbocycles. The first-order valence-electron chi connectivity index (χ1n) is 4.96. The summed E-state index contributed by atoms with van der Waals surface area (Å²) in [4.78, 5) is 0. The van der Waals surface area contributed by atoms with E-state index in [1.807, 2.05) is 0 Å². The maximum absolute atomic E-state index is 9.34. The molecule has 2 saturated heterocycles. The van der Waals surface area contributed by atoms with Gasteiger partial charge in [-0.25, -0.2) is 0 Å². The first kappa shape index (κ1) is 9.44. The summed E-state index contributed by atoms with van der Waals surface area (Å²) >= 11 is 0. The molecule has 2 aliphatic heterocycles. The summed E-state index contributed by atoms with van der Waals surface area (Å²) < 4.78 is 5.82. The second-order valence-corrected chi connectivity index (χ2v) is 4.92. The molecule has 1 unspecified atom stereocenters. The highest BCUT2D eigenvalue weighted by Crippen LogP contribution is 2.57. The van der Waals surface area contributed by atoms with Crippen molar-refractivity contribution in [3.8, 4) is 0 Å². The van der Waals surface area contributed by atoms with Gasteiger partial charge in [-0.3, -0.25) is 0 Å². The molecule has 0 aromatic rings. The molecule has 3 heteroatoms. The zero-order chi connectivity index (χ0) is 9.69.